The molecule has 0 saturated heterocycles. The summed E-state index contributed by atoms with van der Waals surface area (Å²) in [5, 5.41) is 0. The zero-order chi connectivity index (χ0) is 22.0. The Morgan fingerprint density at radius 3 is 2.52 bits per heavy atom. The molecule has 0 radical (unpaired) electrons. The monoisotopic (exact) mass is 428 g/mol. The Morgan fingerprint density at radius 2 is 1.77 bits per heavy atom. The minimum absolute atomic E-state index is 0.0479. The van der Waals surface area contributed by atoms with Gasteiger partial charge in [0.25, 0.3) is 0 Å². The molecule has 0 spiro atoms. The lowest BCUT2D eigenvalue weighted by atomic mass is 9.96. The van der Waals surface area contributed by atoms with Gasteiger partial charge in [0.1, 0.15) is 31.9 Å². The van der Waals surface area contributed by atoms with Crippen LogP contribution in [-0.2, 0) is 12.8 Å². The van der Waals surface area contributed by atoms with Gasteiger partial charge in [-0.3, -0.25) is 4.79 Å². The van der Waals surface area contributed by atoms with Crippen molar-refractivity contribution in [2.75, 3.05) is 13.2 Å². The summed E-state index contributed by atoms with van der Waals surface area (Å²) in [5.74, 6) is 1.03. The number of carbonyl (C=O) groups excluding carboxylic acids is 1. The zero-order valence-electron chi connectivity index (χ0n) is 16.7. The summed E-state index contributed by atoms with van der Waals surface area (Å²) in [5.41, 5.74) is 2.44. The molecule has 1 aliphatic rings. The number of alkyl halides is 3. The topological polar surface area (TPSA) is 44.8 Å². The van der Waals surface area contributed by atoms with Crippen molar-refractivity contribution in [3.8, 4) is 28.4 Å². The second-order valence-electron chi connectivity index (χ2n) is 7.11. The normalized spacial score (nSPS) is 13.0. The molecule has 31 heavy (non-hydrogen) atoms. The van der Waals surface area contributed by atoms with Gasteiger partial charge in [0, 0.05) is 5.56 Å². The van der Waals surface area contributed by atoms with E-state index in [1.165, 1.54) is 12.1 Å². The van der Waals surface area contributed by atoms with E-state index in [0.717, 1.165) is 28.3 Å². The van der Waals surface area contributed by atoms with Crippen molar-refractivity contribution in [3.05, 3.63) is 76.9 Å². The maximum absolute atomic E-state index is 13.4. The zero-order valence-corrected chi connectivity index (χ0v) is 16.7. The Kier molecular flexibility index (Phi) is 5.59. The van der Waals surface area contributed by atoms with E-state index in [4.69, 9.17) is 14.2 Å². The molecular weight excluding hydrogens is 409 g/mol. The second-order valence-corrected chi connectivity index (χ2v) is 7.11. The molecule has 0 N–H and O–H groups in total. The fraction of sp³-hybridized carbons (Fsp3) is 0.208. The van der Waals surface area contributed by atoms with Gasteiger partial charge in [-0.1, -0.05) is 24.3 Å². The Labute approximate surface area is 177 Å². The predicted molar refractivity (Wildman–Crippen MR) is 109 cm³/mol. The van der Waals surface area contributed by atoms with Crippen molar-refractivity contribution >= 4 is 6.29 Å². The summed E-state index contributed by atoms with van der Waals surface area (Å²) in [4.78, 5) is 10.9. The molecule has 0 bridgehead atoms. The Balaban J connectivity index is 1.61. The van der Waals surface area contributed by atoms with Gasteiger partial charge in [-0.15, -0.1) is 0 Å². The number of halogens is 3. The van der Waals surface area contributed by atoms with Gasteiger partial charge in [-0.25, -0.2) is 0 Å². The highest BCUT2D eigenvalue weighted by molar-refractivity contribution is 5.76. The number of ether oxygens (including phenoxy) is 3. The molecule has 0 aliphatic carbocycles. The number of hydrogen-bond donors (Lipinski definition) is 0. The molecule has 7 heteroatoms. The van der Waals surface area contributed by atoms with E-state index in [1.54, 1.807) is 0 Å². The highest BCUT2D eigenvalue weighted by atomic mass is 19.4. The number of rotatable bonds is 5. The number of hydrogen-bond acceptors (Lipinski definition) is 4. The first kappa shape index (κ1) is 20.8. The van der Waals surface area contributed by atoms with Crippen LogP contribution in [0.25, 0.3) is 11.1 Å². The molecule has 0 unspecified atom stereocenters. The van der Waals surface area contributed by atoms with Crippen LogP contribution < -0.4 is 14.2 Å². The first-order valence-electron chi connectivity index (χ1n) is 9.64. The first-order chi connectivity index (χ1) is 14.9. The van der Waals surface area contributed by atoms with Crippen molar-refractivity contribution in [1.29, 1.82) is 0 Å². The Hall–Kier alpha value is -3.48. The van der Waals surface area contributed by atoms with E-state index in [0.29, 0.717) is 31.0 Å². The van der Waals surface area contributed by atoms with Gasteiger partial charge in [-0.2, -0.15) is 13.2 Å². The van der Waals surface area contributed by atoms with Gasteiger partial charge in [0.2, 0.25) is 0 Å². The van der Waals surface area contributed by atoms with Crippen LogP contribution in [0.3, 0.4) is 0 Å². The van der Waals surface area contributed by atoms with E-state index in [2.05, 4.69) is 0 Å². The van der Waals surface area contributed by atoms with Crippen LogP contribution in [0, 0.1) is 6.92 Å². The third-order valence-corrected chi connectivity index (χ3v) is 5.13. The molecule has 0 atom stereocenters. The average Bonchev–Trinajstić information content (AvgIpc) is 2.77. The van der Waals surface area contributed by atoms with Crippen LogP contribution in [0.2, 0.25) is 0 Å². The molecule has 0 amide bonds. The summed E-state index contributed by atoms with van der Waals surface area (Å²) in [6.45, 7) is 2.83. The quantitative estimate of drug-likeness (QED) is 0.479. The van der Waals surface area contributed by atoms with E-state index in [9.17, 15) is 18.0 Å². The van der Waals surface area contributed by atoms with Crippen molar-refractivity contribution in [1.82, 2.24) is 0 Å². The molecule has 1 heterocycles. The van der Waals surface area contributed by atoms with E-state index >= 15 is 0 Å². The van der Waals surface area contributed by atoms with Crippen LogP contribution in [0.1, 0.15) is 27.0 Å². The summed E-state index contributed by atoms with van der Waals surface area (Å²) in [7, 11) is 0. The Bertz CT molecular complexity index is 1120. The molecule has 0 fully saturated rings. The molecule has 1 aliphatic heterocycles. The SMILES string of the molecule is Cc1c(COc2ccc(C=O)cc2C(F)(F)F)cccc1-c1ccc2c(c1)OCCO2. The smallest absolute Gasteiger partial charge is 0.419 e. The third kappa shape index (κ3) is 4.35. The standard InChI is InChI=1S/C24H19F3O4/c1-15-18(14-31-21-7-5-16(13-28)11-20(21)24(25,26)27)3-2-4-19(15)17-6-8-22-23(12-17)30-10-9-29-22/h2-8,11-13H,9-10,14H2,1H3. The van der Waals surface area contributed by atoms with E-state index in [-0.39, 0.29) is 17.9 Å². The summed E-state index contributed by atoms with van der Waals surface area (Å²) < 4.78 is 56.9. The minimum atomic E-state index is -4.63. The third-order valence-electron chi connectivity index (χ3n) is 5.13. The maximum atomic E-state index is 13.4. The van der Waals surface area contributed by atoms with Crippen molar-refractivity contribution in [3.63, 3.8) is 0 Å². The molecular formula is C24H19F3O4. The highest BCUT2D eigenvalue weighted by Crippen LogP contribution is 2.38. The fourth-order valence-corrected chi connectivity index (χ4v) is 3.49. The lowest BCUT2D eigenvalue weighted by Gasteiger charge is -2.20. The highest BCUT2D eigenvalue weighted by Gasteiger charge is 2.34. The van der Waals surface area contributed by atoms with Gasteiger partial charge in [0.15, 0.2) is 11.5 Å². The molecule has 4 rings (SSSR count). The van der Waals surface area contributed by atoms with E-state index < -0.39 is 11.7 Å². The lowest BCUT2D eigenvalue weighted by molar-refractivity contribution is -0.139. The minimum Gasteiger partial charge on any atom is -0.488 e. The molecule has 160 valence electrons. The summed E-state index contributed by atoms with van der Waals surface area (Å²) in [6, 6.07) is 14.5. The van der Waals surface area contributed by atoms with Crippen LogP contribution in [0.5, 0.6) is 17.2 Å². The van der Waals surface area contributed by atoms with Gasteiger partial charge in [0.05, 0.1) is 5.56 Å². The number of carbonyl (C=O) groups is 1. The molecule has 4 nitrogen and oxygen atoms in total. The van der Waals surface area contributed by atoms with Gasteiger partial charge in [-0.05, 0) is 59.5 Å². The summed E-state index contributed by atoms with van der Waals surface area (Å²) in [6.07, 6.45) is -4.25. The lowest BCUT2D eigenvalue weighted by Crippen LogP contribution is -2.15. The fourth-order valence-electron chi connectivity index (χ4n) is 3.49. The Morgan fingerprint density at radius 1 is 1.00 bits per heavy atom. The van der Waals surface area contributed by atoms with Crippen LogP contribution in [0.4, 0.5) is 13.2 Å². The van der Waals surface area contributed by atoms with Crippen molar-refractivity contribution in [2.24, 2.45) is 0 Å². The number of aldehydes is 1. The molecule has 0 saturated carbocycles. The number of benzene rings is 3. The molecule has 3 aromatic rings. The van der Waals surface area contributed by atoms with Crippen LogP contribution in [-0.4, -0.2) is 19.5 Å². The van der Waals surface area contributed by atoms with E-state index in [1.807, 2.05) is 43.3 Å². The van der Waals surface area contributed by atoms with Crippen LogP contribution in [0.15, 0.2) is 54.6 Å². The average molecular weight is 428 g/mol. The molecule has 3 aromatic carbocycles. The maximum Gasteiger partial charge on any atom is 0.419 e. The van der Waals surface area contributed by atoms with Crippen LogP contribution >= 0.6 is 0 Å². The number of fused-ring (bicyclic) bond motifs is 1. The van der Waals surface area contributed by atoms with Crippen molar-refractivity contribution in [2.45, 2.75) is 19.7 Å². The second kappa shape index (κ2) is 8.34. The largest absolute Gasteiger partial charge is 0.488 e. The van der Waals surface area contributed by atoms with Gasteiger partial charge >= 0.3 is 6.18 Å². The summed E-state index contributed by atoms with van der Waals surface area (Å²) >= 11 is 0. The predicted octanol–water partition coefficient (Wildman–Crippen LogP) is 5.84. The first-order valence-corrected chi connectivity index (χ1v) is 9.64. The molecule has 0 aromatic heterocycles. The van der Waals surface area contributed by atoms with Crippen molar-refractivity contribution < 1.29 is 32.2 Å². The van der Waals surface area contributed by atoms with Gasteiger partial charge < -0.3 is 14.2 Å².